The maximum Gasteiger partial charge on any atom is 0.137 e. The molecule has 1 fully saturated rings. The Hall–Kier alpha value is -3.44. The third-order valence-electron chi connectivity index (χ3n) is 9.51. The van der Waals surface area contributed by atoms with Crippen LogP contribution in [0.4, 0.5) is 0 Å². The quantitative estimate of drug-likeness (QED) is 0.184. The molecule has 1 saturated carbocycles. The van der Waals surface area contributed by atoms with Crippen molar-refractivity contribution in [2.75, 3.05) is 20.8 Å². The largest absolute Gasteiger partial charge is 0.497 e. The molecule has 0 unspecified atom stereocenters. The molecule has 0 aliphatic heterocycles. The Labute approximate surface area is 259 Å². The van der Waals surface area contributed by atoms with E-state index in [9.17, 15) is 4.79 Å². The highest BCUT2D eigenvalue weighted by molar-refractivity contribution is 6.83. The molecular weight excluding hydrogens is 547 g/mol. The second-order valence-electron chi connectivity index (χ2n) is 13.7. The first kappa shape index (κ1) is 31.0. The van der Waals surface area contributed by atoms with Gasteiger partial charge < -0.3 is 9.47 Å². The molecule has 2 aliphatic rings. The van der Waals surface area contributed by atoms with Crippen molar-refractivity contribution in [3.05, 3.63) is 107 Å². The highest BCUT2D eigenvalue weighted by Gasteiger charge is 2.50. The molecule has 0 aromatic heterocycles. The van der Waals surface area contributed by atoms with Crippen LogP contribution < -0.4 is 9.47 Å². The monoisotopic (exact) mass is 593 g/mol. The van der Waals surface area contributed by atoms with Crippen molar-refractivity contribution < 1.29 is 14.3 Å². The summed E-state index contributed by atoms with van der Waals surface area (Å²) >= 11 is 0. The van der Waals surface area contributed by atoms with Crippen molar-refractivity contribution in [1.29, 1.82) is 0 Å². The summed E-state index contributed by atoms with van der Waals surface area (Å²) in [6.45, 7) is 12.5. The summed E-state index contributed by atoms with van der Waals surface area (Å²) in [7, 11) is 1.69. The van der Waals surface area contributed by atoms with Gasteiger partial charge in [-0.3, -0.25) is 9.79 Å². The van der Waals surface area contributed by atoms with Crippen molar-refractivity contribution in [3.63, 3.8) is 0 Å². The van der Waals surface area contributed by atoms with Gasteiger partial charge in [0.1, 0.15) is 17.3 Å². The molecule has 6 atom stereocenters. The van der Waals surface area contributed by atoms with Crippen LogP contribution in [0.25, 0.3) is 0 Å². The molecule has 0 N–H and O–H groups in total. The summed E-state index contributed by atoms with van der Waals surface area (Å²) in [5.74, 6) is 3.08. The maximum absolute atomic E-state index is 14.1. The van der Waals surface area contributed by atoms with Crippen LogP contribution >= 0.6 is 0 Å². The normalized spacial score (nSPS) is 24.4. The molecule has 0 bridgehead atoms. The number of carbonyl (C=O) groups is 1. The zero-order valence-electron chi connectivity index (χ0n) is 26.8. The van der Waals surface area contributed by atoms with E-state index >= 15 is 0 Å². The number of ether oxygens (including phenoxy) is 2. The van der Waals surface area contributed by atoms with Gasteiger partial charge in [-0.05, 0) is 47.8 Å². The molecule has 2 aliphatic carbocycles. The summed E-state index contributed by atoms with van der Waals surface area (Å²) in [5, 5.41) is 1.55. The van der Waals surface area contributed by atoms with Crippen LogP contribution in [0, 0.1) is 29.6 Å². The van der Waals surface area contributed by atoms with Crippen molar-refractivity contribution in [3.8, 4) is 11.5 Å². The van der Waals surface area contributed by atoms with Gasteiger partial charge in [0.2, 0.25) is 0 Å². The van der Waals surface area contributed by atoms with E-state index in [2.05, 4.69) is 100 Å². The molecule has 3 aromatic carbocycles. The fourth-order valence-corrected chi connectivity index (χ4v) is 9.66. The number of allylic oxidation sites excluding steroid dienone is 2. The van der Waals surface area contributed by atoms with Crippen LogP contribution in [0.1, 0.15) is 49.3 Å². The number of aliphatic imine (C=N–C) groups is 1. The van der Waals surface area contributed by atoms with Crippen LogP contribution in [0.3, 0.4) is 0 Å². The van der Waals surface area contributed by atoms with E-state index in [1.807, 2.05) is 18.2 Å². The lowest BCUT2D eigenvalue weighted by Crippen LogP contribution is -2.49. The molecule has 3 aromatic rings. The molecule has 5 heteroatoms. The van der Waals surface area contributed by atoms with E-state index in [1.165, 1.54) is 0 Å². The molecule has 0 heterocycles. The average Bonchev–Trinajstić information content (AvgIpc) is 3.00. The number of methoxy groups -OCH3 is 2. The number of hydrogen-bond donors (Lipinski definition) is 0. The SMILES string of the molecule is COc1cc(OC)cc([C@H]2C=C([Si](C)(C)C)[C@H]3C[C@@H](C)CC(=O)[C@@H]3[C@@H]2[C@H](C)CN=C(c2ccccc2)c2ccccc2)c1. The topological polar surface area (TPSA) is 47.9 Å². The highest BCUT2D eigenvalue weighted by Crippen LogP contribution is 2.54. The third-order valence-corrected chi connectivity index (χ3v) is 11.8. The summed E-state index contributed by atoms with van der Waals surface area (Å²) in [5.41, 5.74) is 4.38. The number of ketones is 1. The van der Waals surface area contributed by atoms with Crippen molar-refractivity contribution in [1.82, 2.24) is 0 Å². The molecule has 4 nitrogen and oxygen atoms in total. The van der Waals surface area contributed by atoms with Gasteiger partial charge in [-0.1, -0.05) is 105 Å². The van der Waals surface area contributed by atoms with Crippen molar-refractivity contribution >= 4 is 19.6 Å². The predicted molar refractivity (Wildman–Crippen MR) is 180 cm³/mol. The Bertz CT molecular complexity index is 1410. The second-order valence-corrected chi connectivity index (χ2v) is 18.7. The number of hydrogen-bond acceptors (Lipinski definition) is 4. The van der Waals surface area contributed by atoms with Gasteiger partial charge in [0.25, 0.3) is 0 Å². The van der Waals surface area contributed by atoms with Crippen LogP contribution in [0.5, 0.6) is 11.5 Å². The minimum Gasteiger partial charge on any atom is -0.497 e. The molecule has 5 rings (SSSR count). The second kappa shape index (κ2) is 13.0. The number of carbonyl (C=O) groups excluding carboxylic acids is 1. The van der Waals surface area contributed by atoms with Gasteiger partial charge in [-0.15, -0.1) is 0 Å². The maximum atomic E-state index is 14.1. The number of rotatable bonds is 9. The molecule has 0 spiro atoms. The van der Waals surface area contributed by atoms with E-state index < -0.39 is 8.07 Å². The number of Topliss-reactive ketones (excluding diaryl/α,β-unsaturated/α-hetero) is 1. The third kappa shape index (κ3) is 6.72. The zero-order chi connectivity index (χ0) is 30.7. The van der Waals surface area contributed by atoms with E-state index in [0.717, 1.165) is 40.3 Å². The number of benzene rings is 3. The van der Waals surface area contributed by atoms with Crippen LogP contribution in [-0.2, 0) is 4.79 Å². The fourth-order valence-electron chi connectivity index (χ4n) is 7.57. The Balaban J connectivity index is 1.63. The van der Waals surface area contributed by atoms with Gasteiger partial charge in [0, 0.05) is 42.0 Å². The average molecular weight is 594 g/mol. The van der Waals surface area contributed by atoms with Crippen LogP contribution in [0.15, 0.2) is 95.1 Å². The minimum absolute atomic E-state index is 0.00720. The molecule has 0 saturated heterocycles. The van der Waals surface area contributed by atoms with E-state index in [0.29, 0.717) is 30.6 Å². The summed E-state index contributed by atoms with van der Waals surface area (Å²) in [6.07, 6.45) is 4.32. The van der Waals surface area contributed by atoms with Crippen LogP contribution in [0.2, 0.25) is 19.6 Å². The summed E-state index contributed by atoms with van der Waals surface area (Å²) in [4.78, 5) is 19.5. The van der Waals surface area contributed by atoms with Crippen LogP contribution in [-0.4, -0.2) is 40.3 Å². The van der Waals surface area contributed by atoms with Crippen molar-refractivity contribution in [2.45, 2.75) is 52.2 Å². The Kier molecular flexibility index (Phi) is 9.41. The lowest BCUT2D eigenvalue weighted by Gasteiger charge is -2.50. The highest BCUT2D eigenvalue weighted by atomic mass is 28.3. The van der Waals surface area contributed by atoms with Gasteiger partial charge in [0.15, 0.2) is 0 Å². The molecule has 43 heavy (non-hydrogen) atoms. The number of fused-ring (bicyclic) bond motifs is 1. The van der Waals surface area contributed by atoms with Gasteiger partial charge in [0.05, 0.1) is 28.0 Å². The molecule has 226 valence electrons. The predicted octanol–water partition coefficient (Wildman–Crippen LogP) is 8.63. The first-order chi connectivity index (χ1) is 20.6. The lowest BCUT2D eigenvalue weighted by atomic mass is 9.58. The summed E-state index contributed by atoms with van der Waals surface area (Å²) in [6, 6.07) is 27.1. The van der Waals surface area contributed by atoms with E-state index in [4.69, 9.17) is 14.5 Å². The lowest BCUT2D eigenvalue weighted by molar-refractivity contribution is -0.131. The molecule has 0 amide bonds. The Morgan fingerprint density at radius 1 is 0.907 bits per heavy atom. The minimum atomic E-state index is -1.71. The summed E-state index contributed by atoms with van der Waals surface area (Å²) < 4.78 is 11.4. The van der Waals surface area contributed by atoms with Crippen molar-refractivity contribution in [2.24, 2.45) is 34.6 Å². The number of nitrogens with zero attached hydrogens (tertiary/aromatic N) is 1. The molecular formula is C38H47NO3Si. The van der Waals surface area contributed by atoms with Gasteiger partial charge >= 0.3 is 0 Å². The Morgan fingerprint density at radius 2 is 1.47 bits per heavy atom. The first-order valence-electron chi connectivity index (χ1n) is 15.7. The smallest absolute Gasteiger partial charge is 0.137 e. The van der Waals surface area contributed by atoms with E-state index in [1.54, 1.807) is 19.4 Å². The van der Waals surface area contributed by atoms with E-state index in [-0.39, 0.29) is 23.7 Å². The standard InChI is InChI=1S/C38H47NO3Si/c1-25-18-33-35(43(5,6)7)23-32(29-20-30(41-3)22-31(21-29)42-4)36(37(33)34(40)19-25)26(2)24-39-38(27-14-10-8-11-15-27)28-16-12-9-13-17-28/h8-17,20-23,25-26,32-33,36-37H,18-19,24H2,1-7H3/t25-,26-,32-,33-,36-,37-/m1/s1. The zero-order valence-corrected chi connectivity index (χ0v) is 27.8. The molecule has 0 radical (unpaired) electrons. The van der Waals surface area contributed by atoms with Gasteiger partial charge in [-0.2, -0.15) is 0 Å². The Morgan fingerprint density at radius 3 is 1.98 bits per heavy atom. The fraction of sp³-hybridized carbons (Fsp3) is 0.421. The van der Waals surface area contributed by atoms with Gasteiger partial charge in [-0.25, -0.2) is 0 Å². The first-order valence-corrected chi connectivity index (χ1v) is 19.2.